The van der Waals surface area contributed by atoms with E-state index in [2.05, 4.69) is 20.2 Å². The second-order valence-electron chi connectivity index (χ2n) is 6.55. The van der Waals surface area contributed by atoms with E-state index in [9.17, 15) is 9.18 Å². The summed E-state index contributed by atoms with van der Waals surface area (Å²) in [4.78, 5) is 22.3. The maximum Gasteiger partial charge on any atom is 0.216 e. The number of carbonyl (C=O) groups excluding carboxylic acids is 1. The minimum Gasteiger partial charge on any atom is -0.356 e. The van der Waals surface area contributed by atoms with Crippen molar-refractivity contribution in [2.75, 3.05) is 24.5 Å². The number of nitrogens with one attached hydrogen (secondary N) is 1. The lowest BCUT2D eigenvalue weighted by atomic mass is 9.93. The van der Waals surface area contributed by atoms with Gasteiger partial charge < -0.3 is 10.2 Å². The molecule has 0 radical (unpaired) electrons. The van der Waals surface area contributed by atoms with Crippen molar-refractivity contribution in [1.29, 1.82) is 0 Å². The molecule has 2 fully saturated rings. The molecule has 1 aliphatic heterocycles. The molecule has 2 heterocycles. The zero-order valence-corrected chi connectivity index (χ0v) is 13.2. The number of alkyl halides is 1. The quantitative estimate of drug-likeness (QED) is 0.925. The van der Waals surface area contributed by atoms with Gasteiger partial charge in [0.2, 0.25) is 5.91 Å². The number of aryl methyl sites for hydroxylation is 1. The van der Waals surface area contributed by atoms with E-state index in [0.29, 0.717) is 31.8 Å². The second kappa shape index (κ2) is 5.82. The minimum atomic E-state index is -1.30. The first-order valence-corrected chi connectivity index (χ1v) is 7.99. The van der Waals surface area contributed by atoms with Crippen molar-refractivity contribution in [3.8, 4) is 0 Å². The van der Waals surface area contributed by atoms with E-state index in [1.54, 1.807) is 0 Å². The SMILES string of the molecule is CC(=O)NCC1(F)CCN(c2cc(C)nc(C3CC3)n2)CC1. The van der Waals surface area contributed by atoms with Crippen molar-refractivity contribution >= 4 is 11.7 Å². The van der Waals surface area contributed by atoms with Gasteiger partial charge in [-0.2, -0.15) is 0 Å². The third kappa shape index (κ3) is 3.54. The van der Waals surface area contributed by atoms with Crippen LogP contribution in [0, 0.1) is 6.92 Å². The molecule has 0 unspecified atom stereocenters. The highest BCUT2D eigenvalue weighted by atomic mass is 19.1. The van der Waals surface area contributed by atoms with Gasteiger partial charge in [0.15, 0.2) is 0 Å². The van der Waals surface area contributed by atoms with Crippen LogP contribution in [0.1, 0.15) is 50.0 Å². The van der Waals surface area contributed by atoms with Crippen LogP contribution in [0.15, 0.2) is 6.07 Å². The summed E-state index contributed by atoms with van der Waals surface area (Å²) >= 11 is 0. The fourth-order valence-corrected chi connectivity index (χ4v) is 2.86. The molecule has 0 atom stereocenters. The Morgan fingerprint density at radius 2 is 2.09 bits per heavy atom. The lowest BCUT2D eigenvalue weighted by Crippen LogP contribution is -2.48. The fraction of sp³-hybridized carbons (Fsp3) is 0.688. The van der Waals surface area contributed by atoms with E-state index < -0.39 is 5.67 Å². The molecule has 2 aliphatic rings. The van der Waals surface area contributed by atoms with Crippen LogP contribution in [0.2, 0.25) is 0 Å². The first kappa shape index (κ1) is 15.2. The first-order chi connectivity index (χ1) is 10.5. The summed E-state index contributed by atoms with van der Waals surface area (Å²) in [6, 6.07) is 1.98. The summed E-state index contributed by atoms with van der Waals surface area (Å²) in [5, 5.41) is 2.59. The Labute approximate surface area is 130 Å². The fourth-order valence-electron chi connectivity index (χ4n) is 2.86. The topological polar surface area (TPSA) is 58.1 Å². The molecule has 1 amide bonds. The number of hydrogen-bond donors (Lipinski definition) is 1. The number of rotatable bonds is 4. The van der Waals surface area contributed by atoms with Crippen LogP contribution in [-0.2, 0) is 4.79 Å². The molecule has 1 N–H and O–H groups in total. The number of amides is 1. The zero-order valence-electron chi connectivity index (χ0n) is 13.2. The third-order valence-corrected chi connectivity index (χ3v) is 4.44. The summed E-state index contributed by atoms with van der Waals surface area (Å²) < 4.78 is 14.6. The highest BCUT2D eigenvalue weighted by Crippen LogP contribution is 2.39. The molecule has 1 aliphatic carbocycles. The maximum atomic E-state index is 14.6. The molecule has 1 saturated carbocycles. The Morgan fingerprint density at radius 3 is 2.68 bits per heavy atom. The highest BCUT2D eigenvalue weighted by Gasteiger charge is 2.35. The van der Waals surface area contributed by atoms with Crippen LogP contribution in [0.3, 0.4) is 0 Å². The van der Waals surface area contributed by atoms with E-state index in [0.717, 1.165) is 17.3 Å². The molecule has 1 aromatic rings. The average Bonchev–Trinajstić information content (AvgIpc) is 3.30. The van der Waals surface area contributed by atoms with Crippen LogP contribution in [0.4, 0.5) is 10.2 Å². The Balaban J connectivity index is 1.64. The van der Waals surface area contributed by atoms with Gasteiger partial charge in [-0.3, -0.25) is 4.79 Å². The van der Waals surface area contributed by atoms with E-state index in [4.69, 9.17) is 0 Å². The normalized spacial score (nSPS) is 20.8. The number of piperidine rings is 1. The summed E-state index contributed by atoms with van der Waals surface area (Å²) in [5.41, 5.74) is -0.328. The molecule has 22 heavy (non-hydrogen) atoms. The Morgan fingerprint density at radius 1 is 1.41 bits per heavy atom. The van der Waals surface area contributed by atoms with Gasteiger partial charge in [-0.1, -0.05) is 0 Å². The van der Waals surface area contributed by atoms with Crippen molar-refractivity contribution in [3.05, 3.63) is 17.6 Å². The van der Waals surface area contributed by atoms with Crippen LogP contribution in [0.25, 0.3) is 0 Å². The van der Waals surface area contributed by atoms with E-state index in [-0.39, 0.29) is 12.5 Å². The third-order valence-electron chi connectivity index (χ3n) is 4.44. The molecule has 1 aromatic heterocycles. The van der Waals surface area contributed by atoms with Crippen molar-refractivity contribution < 1.29 is 9.18 Å². The summed E-state index contributed by atoms with van der Waals surface area (Å²) in [6.07, 6.45) is 3.17. The lowest BCUT2D eigenvalue weighted by Gasteiger charge is -2.37. The minimum absolute atomic E-state index is 0.103. The standard InChI is InChI=1S/C16H23FN4O/c1-11-9-14(20-15(19-11)13-3-4-13)21-7-5-16(17,6-8-21)10-18-12(2)22/h9,13H,3-8,10H2,1-2H3,(H,18,22). The van der Waals surface area contributed by atoms with Gasteiger partial charge >= 0.3 is 0 Å². The number of carbonyl (C=O) groups is 1. The largest absolute Gasteiger partial charge is 0.356 e. The lowest BCUT2D eigenvalue weighted by molar-refractivity contribution is -0.119. The zero-order chi connectivity index (χ0) is 15.7. The summed E-state index contributed by atoms with van der Waals surface area (Å²) in [7, 11) is 0. The predicted octanol–water partition coefficient (Wildman–Crippen LogP) is 2.11. The van der Waals surface area contributed by atoms with Crippen molar-refractivity contribution in [2.24, 2.45) is 0 Å². The maximum absolute atomic E-state index is 14.6. The predicted molar refractivity (Wildman–Crippen MR) is 82.7 cm³/mol. The van der Waals surface area contributed by atoms with Gasteiger partial charge in [0, 0.05) is 50.5 Å². The van der Waals surface area contributed by atoms with E-state index in [1.165, 1.54) is 19.8 Å². The van der Waals surface area contributed by atoms with Crippen molar-refractivity contribution in [3.63, 3.8) is 0 Å². The molecule has 5 nitrogen and oxygen atoms in total. The molecule has 120 valence electrons. The van der Waals surface area contributed by atoms with Crippen LogP contribution in [-0.4, -0.2) is 41.2 Å². The number of hydrogen-bond acceptors (Lipinski definition) is 4. The Bertz CT molecular complexity index is 565. The van der Waals surface area contributed by atoms with Gasteiger partial charge in [-0.25, -0.2) is 14.4 Å². The van der Waals surface area contributed by atoms with Crippen LogP contribution < -0.4 is 10.2 Å². The van der Waals surface area contributed by atoms with Gasteiger partial charge in [0.25, 0.3) is 0 Å². The molecule has 6 heteroatoms. The Hall–Kier alpha value is -1.72. The second-order valence-corrected chi connectivity index (χ2v) is 6.55. The van der Waals surface area contributed by atoms with Crippen LogP contribution in [0.5, 0.6) is 0 Å². The molecule has 3 rings (SSSR count). The number of aromatic nitrogens is 2. The number of halogens is 1. The van der Waals surface area contributed by atoms with Gasteiger partial charge in [0.1, 0.15) is 17.3 Å². The monoisotopic (exact) mass is 306 g/mol. The smallest absolute Gasteiger partial charge is 0.216 e. The van der Waals surface area contributed by atoms with Gasteiger partial charge in [-0.05, 0) is 19.8 Å². The van der Waals surface area contributed by atoms with E-state index in [1.807, 2.05) is 13.0 Å². The molecule has 1 saturated heterocycles. The Kier molecular flexibility index (Phi) is 4.02. The molecule has 0 bridgehead atoms. The molecule has 0 spiro atoms. The first-order valence-electron chi connectivity index (χ1n) is 7.99. The molecular weight excluding hydrogens is 283 g/mol. The number of nitrogens with zero attached hydrogens (tertiary/aromatic N) is 3. The summed E-state index contributed by atoms with van der Waals surface area (Å²) in [5.74, 6) is 2.18. The van der Waals surface area contributed by atoms with Crippen molar-refractivity contribution in [1.82, 2.24) is 15.3 Å². The average molecular weight is 306 g/mol. The molecular formula is C16H23FN4O. The molecule has 0 aromatic carbocycles. The van der Waals surface area contributed by atoms with Gasteiger partial charge in [0.05, 0.1) is 6.54 Å². The van der Waals surface area contributed by atoms with Gasteiger partial charge in [-0.15, -0.1) is 0 Å². The van der Waals surface area contributed by atoms with E-state index >= 15 is 0 Å². The number of anilines is 1. The highest BCUT2D eigenvalue weighted by molar-refractivity contribution is 5.72. The van der Waals surface area contributed by atoms with Crippen molar-refractivity contribution in [2.45, 2.75) is 51.1 Å². The van der Waals surface area contributed by atoms with Crippen LogP contribution >= 0.6 is 0 Å². The summed E-state index contributed by atoms with van der Waals surface area (Å²) in [6.45, 7) is 4.75.